The number of aromatic nitrogens is 1. The number of carbonyl (C=O) groups is 1. The number of carbonyl (C=O) groups excluding carboxylic acids is 1. The molecule has 0 radical (unpaired) electrons. The molecule has 19 heavy (non-hydrogen) atoms. The number of halogens is 3. The van der Waals surface area contributed by atoms with E-state index in [1.165, 1.54) is 0 Å². The summed E-state index contributed by atoms with van der Waals surface area (Å²) in [4.78, 5) is 16.3. The van der Waals surface area contributed by atoms with Gasteiger partial charge in [0.05, 0.1) is 17.4 Å². The van der Waals surface area contributed by atoms with Crippen molar-refractivity contribution in [2.24, 2.45) is 0 Å². The second kappa shape index (κ2) is 6.03. The summed E-state index contributed by atoms with van der Waals surface area (Å²) in [5, 5.41) is 3.30. The number of hydrogen-bond acceptors (Lipinski definition) is 2. The SMILES string of the molecule is Cc1cc(NC(=O)c2cc(Cl)ccc2Br)cnc1Br. The highest BCUT2D eigenvalue weighted by atomic mass is 79.9. The van der Waals surface area contributed by atoms with Gasteiger partial charge < -0.3 is 5.32 Å². The van der Waals surface area contributed by atoms with E-state index in [4.69, 9.17) is 11.6 Å². The van der Waals surface area contributed by atoms with Crippen molar-refractivity contribution >= 4 is 55.1 Å². The number of nitrogens with zero attached hydrogens (tertiary/aromatic N) is 1. The first-order valence-corrected chi connectivity index (χ1v) is 7.32. The Labute approximate surface area is 132 Å². The van der Waals surface area contributed by atoms with Crippen LogP contribution in [-0.2, 0) is 0 Å². The molecule has 0 aliphatic heterocycles. The zero-order valence-electron chi connectivity index (χ0n) is 9.88. The highest BCUT2D eigenvalue weighted by Crippen LogP contribution is 2.23. The fraction of sp³-hybridized carbons (Fsp3) is 0.0769. The van der Waals surface area contributed by atoms with E-state index in [1.807, 2.05) is 13.0 Å². The summed E-state index contributed by atoms with van der Waals surface area (Å²) < 4.78 is 1.45. The number of hydrogen-bond donors (Lipinski definition) is 1. The van der Waals surface area contributed by atoms with Gasteiger partial charge in [-0.3, -0.25) is 4.79 Å². The summed E-state index contributed by atoms with van der Waals surface area (Å²) in [5.41, 5.74) is 2.06. The fourth-order valence-electron chi connectivity index (χ4n) is 1.50. The lowest BCUT2D eigenvalue weighted by Crippen LogP contribution is -2.13. The first kappa shape index (κ1) is 14.5. The fourth-order valence-corrected chi connectivity index (χ4v) is 2.31. The molecule has 1 aromatic heterocycles. The van der Waals surface area contributed by atoms with Crippen molar-refractivity contribution in [3.8, 4) is 0 Å². The van der Waals surface area contributed by atoms with Crippen LogP contribution in [0.15, 0.2) is 39.5 Å². The van der Waals surface area contributed by atoms with Crippen LogP contribution in [-0.4, -0.2) is 10.9 Å². The van der Waals surface area contributed by atoms with Gasteiger partial charge in [-0.15, -0.1) is 0 Å². The lowest BCUT2D eigenvalue weighted by Gasteiger charge is -2.08. The van der Waals surface area contributed by atoms with Gasteiger partial charge in [-0.25, -0.2) is 4.98 Å². The van der Waals surface area contributed by atoms with Gasteiger partial charge in [0, 0.05) is 9.50 Å². The van der Waals surface area contributed by atoms with Gasteiger partial charge in [0.15, 0.2) is 0 Å². The monoisotopic (exact) mass is 402 g/mol. The molecule has 0 saturated heterocycles. The molecular weight excluding hydrogens is 395 g/mol. The number of pyridine rings is 1. The quantitative estimate of drug-likeness (QED) is 0.729. The van der Waals surface area contributed by atoms with Crippen LogP contribution < -0.4 is 5.32 Å². The van der Waals surface area contributed by atoms with Crippen molar-refractivity contribution in [2.45, 2.75) is 6.92 Å². The van der Waals surface area contributed by atoms with Crippen molar-refractivity contribution in [3.05, 3.63) is 55.7 Å². The van der Waals surface area contributed by atoms with Gasteiger partial charge in [-0.1, -0.05) is 11.6 Å². The third-order valence-corrected chi connectivity index (χ3v) is 4.20. The highest BCUT2D eigenvalue weighted by Gasteiger charge is 2.11. The molecule has 0 unspecified atom stereocenters. The molecule has 0 aliphatic carbocycles. The molecule has 6 heteroatoms. The topological polar surface area (TPSA) is 42.0 Å². The maximum Gasteiger partial charge on any atom is 0.256 e. The third kappa shape index (κ3) is 3.55. The van der Waals surface area contributed by atoms with Gasteiger partial charge in [0.25, 0.3) is 5.91 Å². The number of rotatable bonds is 2. The zero-order chi connectivity index (χ0) is 14.0. The molecule has 0 bridgehead atoms. The second-order valence-electron chi connectivity index (χ2n) is 3.91. The third-order valence-electron chi connectivity index (χ3n) is 2.45. The summed E-state index contributed by atoms with van der Waals surface area (Å²) in [6.07, 6.45) is 1.59. The Morgan fingerprint density at radius 3 is 2.74 bits per heavy atom. The van der Waals surface area contributed by atoms with Gasteiger partial charge >= 0.3 is 0 Å². The van der Waals surface area contributed by atoms with Crippen molar-refractivity contribution in [3.63, 3.8) is 0 Å². The summed E-state index contributed by atoms with van der Waals surface area (Å²) in [5.74, 6) is -0.238. The normalized spacial score (nSPS) is 10.3. The predicted molar refractivity (Wildman–Crippen MR) is 83.8 cm³/mol. The van der Waals surface area contributed by atoms with E-state index < -0.39 is 0 Å². The van der Waals surface area contributed by atoms with Crippen LogP contribution in [0.3, 0.4) is 0 Å². The second-order valence-corrected chi connectivity index (χ2v) is 5.95. The minimum Gasteiger partial charge on any atom is -0.321 e. The van der Waals surface area contributed by atoms with E-state index in [9.17, 15) is 4.79 Å². The molecule has 0 fully saturated rings. The van der Waals surface area contributed by atoms with E-state index in [2.05, 4.69) is 42.2 Å². The van der Waals surface area contributed by atoms with E-state index in [0.717, 1.165) is 10.2 Å². The lowest BCUT2D eigenvalue weighted by molar-refractivity contribution is 0.102. The van der Waals surface area contributed by atoms with Crippen molar-refractivity contribution in [1.29, 1.82) is 0 Å². The average Bonchev–Trinajstić information content (AvgIpc) is 2.36. The number of anilines is 1. The number of amides is 1. The summed E-state index contributed by atoms with van der Waals surface area (Å²) in [7, 11) is 0. The van der Waals surface area contributed by atoms with Crippen LogP contribution in [0, 0.1) is 6.92 Å². The molecule has 1 N–H and O–H groups in total. The smallest absolute Gasteiger partial charge is 0.256 e. The Morgan fingerprint density at radius 1 is 1.32 bits per heavy atom. The molecule has 1 heterocycles. The summed E-state index contributed by atoms with van der Waals surface area (Å²) in [6.45, 7) is 1.90. The van der Waals surface area contributed by atoms with Crippen LogP contribution in [0.1, 0.15) is 15.9 Å². The molecule has 2 aromatic rings. The number of aryl methyl sites for hydroxylation is 1. The van der Waals surface area contributed by atoms with Crippen molar-refractivity contribution in [2.75, 3.05) is 5.32 Å². The first-order chi connectivity index (χ1) is 8.97. The van der Waals surface area contributed by atoms with Crippen LogP contribution >= 0.6 is 43.5 Å². The molecule has 0 saturated carbocycles. The Morgan fingerprint density at radius 2 is 2.05 bits per heavy atom. The predicted octanol–water partition coefficient (Wildman–Crippen LogP) is 4.82. The highest BCUT2D eigenvalue weighted by molar-refractivity contribution is 9.10. The lowest BCUT2D eigenvalue weighted by atomic mass is 10.2. The van der Waals surface area contributed by atoms with Crippen molar-refractivity contribution in [1.82, 2.24) is 4.98 Å². The maximum atomic E-state index is 12.1. The molecule has 1 aromatic carbocycles. The molecule has 98 valence electrons. The molecular formula is C13H9Br2ClN2O. The van der Waals surface area contributed by atoms with E-state index in [0.29, 0.717) is 20.7 Å². The van der Waals surface area contributed by atoms with E-state index in [1.54, 1.807) is 24.4 Å². The van der Waals surface area contributed by atoms with Gasteiger partial charge in [0.2, 0.25) is 0 Å². The largest absolute Gasteiger partial charge is 0.321 e. The summed E-state index contributed by atoms with van der Waals surface area (Å²) in [6, 6.07) is 6.91. The van der Waals surface area contributed by atoms with Crippen LogP contribution in [0.5, 0.6) is 0 Å². The average molecular weight is 404 g/mol. The minimum atomic E-state index is -0.238. The van der Waals surface area contributed by atoms with Gasteiger partial charge in [0.1, 0.15) is 4.60 Å². The zero-order valence-corrected chi connectivity index (χ0v) is 13.8. The van der Waals surface area contributed by atoms with Crippen molar-refractivity contribution < 1.29 is 4.79 Å². The van der Waals surface area contributed by atoms with Gasteiger partial charge in [-0.2, -0.15) is 0 Å². The molecule has 1 amide bonds. The Bertz CT molecular complexity index is 647. The van der Waals surface area contributed by atoms with E-state index >= 15 is 0 Å². The maximum absolute atomic E-state index is 12.1. The molecule has 0 aliphatic rings. The van der Waals surface area contributed by atoms with E-state index in [-0.39, 0.29) is 5.91 Å². The minimum absolute atomic E-state index is 0.238. The molecule has 3 nitrogen and oxygen atoms in total. The van der Waals surface area contributed by atoms with Crippen LogP contribution in [0.4, 0.5) is 5.69 Å². The van der Waals surface area contributed by atoms with Crippen LogP contribution in [0.25, 0.3) is 0 Å². The molecule has 0 spiro atoms. The Hall–Kier alpha value is -0.910. The Kier molecular flexibility index (Phi) is 4.60. The standard InChI is InChI=1S/C13H9Br2ClN2O/c1-7-4-9(6-17-12(7)15)18-13(19)10-5-8(16)2-3-11(10)14/h2-6H,1H3,(H,18,19). The van der Waals surface area contributed by atoms with Gasteiger partial charge in [-0.05, 0) is 68.6 Å². The Balaban J connectivity index is 2.25. The summed E-state index contributed by atoms with van der Waals surface area (Å²) >= 11 is 12.5. The number of nitrogens with one attached hydrogen (secondary N) is 1. The van der Waals surface area contributed by atoms with Crippen LogP contribution in [0.2, 0.25) is 5.02 Å². The molecule has 0 atom stereocenters. The first-order valence-electron chi connectivity index (χ1n) is 5.36. The molecule has 2 rings (SSSR count). The number of benzene rings is 1.